The number of para-hydroxylation sites is 1. The van der Waals surface area contributed by atoms with Crippen molar-refractivity contribution in [3.8, 4) is 5.69 Å². The molecule has 5 nitrogen and oxygen atoms in total. The van der Waals surface area contributed by atoms with Gasteiger partial charge in [0.25, 0.3) is 0 Å². The van der Waals surface area contributed by atoms with Gasteiger partial charge in [-0.2, -0.15) is 0 Å². The van der Waals surface area contributed by atoms with Gasteiger partial charge in [-0.25, -0.2) is 23.5 Å². The molecule has 2 aliphatic heterocycles. The predicted octanol–water partition coefficient (Wildman–Crippen LogP) is 2.36. The summed E-state index contributed by atoms with van der Waals surface area (Å²) in [4.78, 5) is 26.4. The first-order valence-electron chi connectivity index (χ1n) is 8.75. The van der Waals surface area contributed by atoms with Gasteiger partial charge in [0, 0.05) is 10.8 Å². The second-order valence-corrected chi connectivity index (χ2v) is 7.49. The third-order valence-electron chi connectivity index (χ3n) is 6.70. The highest BCUT2D eigenvalue weighted by Crippen LogP contribution is 2.71. The highest BCUT2D eigenvalue weighted by molar-refractivity contribution is 5.43. The highest BCUT2D eigenvalue weighted by atomic mass is 16.2. The van der Waals surface area contributed by atoms with E-state index in [9.17, 15) is 9.59 Å². The third-order valence-corrected chi connectivity index (χ3v) is 6.70. The molecule has 0 unspecified atom stereocenters. The molecule has 1 aromatic carbocycles. The molecule has 7 rings (SSSR count). The van der Waals surface area contributed by atoms with Crippen LogP contribution in [0, 0.1) is 10.8 Å². The Kier molecular flexibility index (Phi) is 2.18. The highest BCUT2D eigenvalue weighted by Gasteiger charge is 2.67. The molecule has 0 amide bonds. The minimum atomic E-state index is -0.242. The lowest BCUT2D eigenvalue weighted by atomic mass is 9.43. The van der Waals surface area contributed by atoms with Crippen molar-refractivity contribution in [2.24, 2.45) is 10.8 Å². The van der Waals surface area contributed by atoms with Gasteiger partial charge >= 0.3 is 11.4 Å². The van der Waals surface area contributed by atoms with E-state index in [1.807, 2.05) is 30.3 Å². The van der Waals surface area contributed by atoms with Gasteiger partial charge in [0.15, 0.2) is 0 Å². The van der Waals surface area contributed by atoms with Gasteiger partial charge in [-0.15, -0.1) is 0 Å². The SMILES string of the molecule is O=c1n(-c2ccccc2)c(=O)n2n1[C@H]1C=C[C@H]2[C@]23C=C[C@@]12CC=CC3. The van der Waals surface area contributed by atoms with Gasteiger partial charge in [-0.3, -0.25) is 0 Å². The van der Waals surface area contributed by atoms with Crippen molar-refractivity contribution in [3.05, 3.63) is 87.8 Å². The average Bonchev–Trinajstić information content (AvgIpc) is 2.90. The van der Waals surface area contributed by atoms with Crippen LogP contribution in [0.4, 0.5) is 0 Å². The van der Waals surface area contributed by atoms with Crippen molar-refractivity contribution in [2.75, 3.05) is 0 Å². The fourth-order valence-corrected chi connectivity index (χ4v) is 5.50. The summed E-state index contributed by atoms with van der Waals surface area (Å²) in [7, 11) is 0. The molecule has 0 spiro atoms. The van der Waals surface area contributed by atoms with Crippen molar-refractivity contribution >= 4 is 0 Å². The van der Waals surface area contributed by atoms with E-state index in [4.69, 9.17) is 0 Å². The number of aromatic nitrogens is 3. The number of hydrogen-bond donors (Lipinski definition) is 0. The molecule has 25 heavy (non-hydrogen) atoms. The third kappa shape index (κ3) is 1.24. The van der Waals surface area contributed by atoms with E-state index >= 15 is 0 Å². The molecule has 5 heteroatoms. The molecule has 0 N–H and O–H groups in total. The summed E-state index contributed by atoms with van der Waals surface area (Å²) in [6, 6.07) is 9.00. The molecule has 1 aromatic heterocycles. The number of allylic oxidation sites excluding steroid dienone is 6. The second-order valence-electron chi connectivity index (χ2n) is 7.49. The van der Waals surface area contributed by atoms with Gasteiger partial charge < -0.3 is 0 Å². The fraction of sp³-hybridized carbons (Fsp3) is 0.300. The molecule has 0 fully saturated rings. The van der Waals surface area contributed by atoms with Crippen LogP contribution < -0.4 is 11.4 Å². The van der Waals surface area contributed by atoms with Crippen molar-refractivity contribution in [1.82, 2.24) is 13.9 Å². The number of hydrogen-bond acceptors (Lipinski definition) is 2. The Morgan fingerprint density at radius 1 is 0.800 bits per heavy atom. The summed E-state index contributed by atoms with van der Waals surface area (Å²) in [5.74, 6) is 0. The molecule has 3 aliphatic carbocycles. The van der Waals surface area contributed by atoms with Crippen LogP contribution in [0.25, 0.3) is 5.69 Å². The summed E-state index contributed by atoms with van der Waals surface area (Å²) in [6.07, 6.45) is 15.1. The Bertz CT molecular complexity index is 1050. The van der Waals surface area contributed by atoms with Crippen LogP contribution >= 0.6 is 0 Å². The topological polar surface area (TPSA) is 48.9 Å². The van der Waals surface area contributed by atoms with E-state index in [1.54, 1.807) is 9.36 Å². The standard InChI is InChI=1S/C20H17N3O2/c24-17-21(14-6-2-1-3-7-14)18(25)23-16-9-8-15(22(17)23)19-10-4-5-11-20(16,19)13-12-19/h1-9,12-13,15-16H,10-11H2/t15-,16-,19-,20-/m0/s1. The van der Waals surface area contributed by atoms with Crippen molar-refractivity contribution in [2.45, 2.75) is 24.9 Å². The summed E-state index contributed by atoms with van der Waals surface area (Å²) in [5, 5.41) is 0. The smallest absolute Gasteiger partial charge is 0.245 e. The summed E-state index contributed by atoms with van der Waals surface area (Å²) >= 11 is 0. The van der Waals surface area contributed by atoms with E-state index in [1.165, 1.54) is 4.57 Å². The van der Waals surface area contributed by atoms with Crippen LogP contribution in [0.15, 0.2) is 76.4 Å². The van der Waals surface area contributed by atoms with Gasteiger partial charge in [-0.1, -0.05) is 54.7 Å². The lowest BCUT2D eigenvalue weighted by Gasteiger charge is -2.65. The molecule has 2 bridgehead atoms. The van der Waals surface area contributed by atoms with E-state index in [2.05, 4.69) is 36.5 Å². The van der Waals surface area contributed by atoms with E-state index in [0.717, 1.165) is 12.8 Å². The van der Waals surface area contributed by atoms with Crippen molar-refractivity contribution in [1.29, 1.82) is 0 Å². The van der Waals surface area contributed by atoms with Crippen LogP contribution in [-0.2, 0) is 0 Å². The molecule has 0 saturated heterocycles. The first-order valence-corrected chi connectivity index (χ1v) is 8.75. The fourth-order valence-electron chi connectivity index (χ4n) is 5.50. The van der Waals surface area contributed by atoms with Gasteiger partial charge in [0.1, 0.15) is 0 Å². The first kappa shape index (κ1) is 13.5. The maximum absolute atomic E-state index is 13.2. The summed E-state index contributed by atoms with van der Waals surface area (Å²) < 4.78 is 4.70. The Morgan fingerprint density at radius 3 is 1.80 bits per heavy atom. The summed E-state index contributed by atoms with van der Waals surface area (Å²) in [5.41, 5.74) is 0.00473. The van der Waals surface area contributed by atoms with Gasteiger partial charge in [0.05, 0.1) is 17.8 Å². The van der Waals surface area contributed by atoms with Crippen LogP contribution in [0.1, 0.15) is 24.9 Å². The van der Waals surface area contributed by atoms with Crippen LogP contribution in [-0.4, -0.2) is 13.9 Å². The zero-order valence-electron chi connectivity index (χ0n) is 13.6. The molecule has 3 heterocycles. The Hall–Kier alpha value is -2.82. The zero-order chi connectivity index (χ0) is 16.8. The second kappa shape index (κ2) is 4.04. The van der Waals surface area contributed by atoms with E-state index in [0.29, 0.717) is 5.69 Å². The van der Waals surface area contributed by atoms with E-state index < -0.39 is 0 Å². The van der Waals surface area contributed by atoms with Gasteiger partial charge in [0.2, 0.25) is 0 Å². The number of rotatable bonds is 1. The van der Waals surface area contributed by atoms with Crippen molar-refractivity contribution in [3.63, 3.8) is 0 Å². The Labute approximate surface area is 143 Å². The minimum Gasteiger partial charge on any atom is -0.245 e. The predicted molar refractivity (Wildman–Crippen MR) is 93.9 cm³/mol. The molecule has 2 aromatic rings. The number of benzene rings is 1. The quantitative estimate of drug-likeness (QED) is 0.753. The Balaban J connectivity index is 1.68. The molecule has 5 aliphatic rings. The molecular weight excluding hydrogens is 314 g/mol. The molecule has 124 valence electrons. The maximum atomic E-state index is 13.2. The first-order chi connectivity index (χ1) is 12.2. The zero-order valence-corrected chi connectivity index (χ0v) is 13.6. The lowest BCUT2D eigenvalue weighted by Crippen LogP contribution is -2.64. The van der Waals surface area contributed by atoms with Crippen LogP contribution in [0.3, 0.4) is 0 Å². The molecular formula is C20H17N3O2. The minimum absolute atomic E-state index is 0.0691. The molecule has 0 radical (unpaired) electrons. The molecule has 4 atom stereocenters. The monoisotopic (exact) mass is 331 g/mol. The largest absolute Gasteiger partial charge is 0.352 e. The number of nitrogens with zero attached hydrogens (tertiary/aromatic N) is 3. The van der Waals surface area contributed by atoms with Crippen molar-refractivity contribution < 1.29 is 0 Å². The van der Waals surface area contributed by atoms with Crippen LogP contribution in [0.2, 0.25) is 0 Å². The Morgan fingerprint density at radius 2 is 1.32 bits per heavy atom. The normalized spacial score (nSPS) is 35.8. The summed E-state index contributed by atoms with van der Waals surface area (Å²) in [6.45, 7) is 0. The van der Waals surface area contributed by atoms with E-state index in [-0.39, 0.29) is 34.3 Å². The lowest BCUT2D eigenvalue weighted by molar-refractivity contribution is -0.0513. The maximum Gasteiger partial charge on any atom is 0.352 e. The molecule has 0 saturated carbocycles. The van der Waals surface area contributed by atoms with Crippen LogP contribution in [0.5, 0.6) is 0 Å². The average molecular weight is 331 g/mol. The van der Waals surface area contributed by atoms with Gasteiger partial charge in [-0.05, 0) is 25.0 Å².